The Morgan fingerprint density at radius 2 is 2.16 bits per heavy atom. The molecule has 3 N–H and O–H groups in total. The SMILES string of the molecule is O=C(NCc1ccc(=O)[nH]c1)C(F)(F)C1(O)CCC1. The van der Waals surface area contributed by atoms with Crippen LogP contribution in [0.1, 0.15) is 24.8 Å². The Hall–Kier alpha value is -1.76. The lowest BCUT2D eigenvalue weighted by molar-refractivity contribution is -0.216. The third-order valence-electron chi connectivity index (χ3n) is 3.35. The maximum absolute atomic E-state index is 13.7. The van der Waals surface area contributed by atoms with Crippen LogP contribution in [0.25, 0.3) is 0 Å². The van der Waals surface area contributed by atoms with Crippen molar-refractivity contribution in [3.63, 3.8) is 0 Å². The minimum absolute atomic E-state index is 0.0773. The fourth-order valence-corrected chi connectivity index (χ4v) is 1.88. The van der Waals surface area contributed by atoms with E-state index in [1.165, 1.54) is 18.3 Å². The Morgan fingerprint density at radius 1 is 1.47 bits per heavy atom. The predicted octanol–water partition coefficient (Wildman–Crippen LogP) is 0.541. The summed E-state index contributed by atoms with van der Waals surface area (Å²) >= 11 is 0. The zero-order valence-corrected chi connectivity index (χ0v) is 10.1. The third kappa shape index (κ3) is 2.51. The number of amides is 1. The van der Waals surface area contributed by atoms with Crippen molar-refractivity contribution in [1.29, 1.82) is 0 Å². The highest BCUT2D eigenvalue weighted by molar-refractivity contribution is 5.85. The van der Waals surface area contributed by atoms with Crippen LogP contribution >= 0.6 is 0 Å². The molecule has 1 aromatic heterocycles. The number of carbonyl (C=O) groups is 1. The Bertz CT molecular complexity index is 518. The second kappa shape index (κ2) is 4.73. The van der Waals surface area contributed by atoms with Crippen LogP contribution in [0.5, 0.6) is 0 Å². The molecule has 7 heteroatoms. The Kier molecular flexibility index (Phi) is 3.40. The summed E-state index contributed by atoms with van der Waals surface area (Å²) in [6, 6.07) is 2.66. The van der Waals surface area contributed by atoms with Gasteiger partial charge >= 0.3 is 5.92 Å². The topological polar surface area (TPSA) is 82.2 Å². The molecule has 0 saturated heterocycles. The lowest BCUT2D eigenvalue weighted by Crippen LogP contribution is -2.60. The first-order valence-corrected chi connectivity index (χ1v) is 5.91. The minimum atomic E-state index is -3.80. The Morgan fingerprint density at radius 3 is 2.63 bits per heavy atom. The Labute approximate surface area is 107 Å². The molecule has 0 atom stereocenters. The van der Waals surface area contributed by atoms with Gasteiger partial charge in [0.25, 0.3) is 5.91 Å². The van der Waals surface area contributed by atoms with Crippen LogP contribution < -0.4 is 10.9 Å². The molecule has 0 spiro atoms. The van der Waals surface area contributed by atoms with E-state index in [0.29, 0.717) is 12.0 Å². The smallest absolute Gasteiger partial charge is 0.352 e. The van der Waals surface area contributed by atoms with Gasteiger partial charge in [0, 0.05) is 18.8 Å². The van der Waals surface area contributed by atoms with Gasteiger partial charge in [-0.15, -0.1) is 0 Å². The molecule has 0 radical (unpaired) electrons. The van der Waals surface area contributed by atoms with E-state index in [4.69, 9.17) is 0 Å². The average Bonchev–Trinajstić information content (AvgIpc) is 2.34. The summed E-state index contributed by atoms with van der Waals surface area (Å²) in [5, 5.41) is 11.6. The van der Waals surface area contributed by atoms with Crippen LogP contribution in [0, 0.1) is 0 Å². The number of alkyl halides is 2. The van der Waals surface area contributed by atoms with Crippen LogP contribution in [0.3, 0.4) is 0 Å². The number of hydrogen-bond donors (Lipinski definition) is 3. The van der Waals surface area contributed by atoms with Gasteiger partial charge in [-0.05, 0) is 24.8 Å². The molecular weight excluding hydrogens is 258 g/mol. The number of halogens is 2. The lowest BCUT2D eigenvalue weighted by atomic mass is 9.75. The lowest BCUT2D eigenvalue weighted by Gasteiger charge is -2.41. The molecule has 2 rings (SSSR count). The summed E-state index contributed by atoms with van der Waals surface area (Å²) in [6.07, 6.45) is 1.66. The first-order chi connectivity index (χ1) is 8.85. The molecule has 1 aliphatic rings. The van der Waals surface area contributed by atoms with Crippen molar-refractivity contribution < 1.29 is 18.7 Å². The highest BCUT2D eigenvalue weighted by Gasteiger charge is 2.60. The number of H-pyrrole nitrogens is 1. The van der Waals surface area contributed by atoms with Gasteiger partial charge in [-0.2, -0.15) is 8.78 Å². The standard InChI is InChI=1S/C12H14F2N2O3/c13-12(14,11(19)4-1-5-11)10(18)16-7-8-2-3-9(17)15-6-8/h2-3,6,19H,1,4-5,7H2,(H,15,17)(H,16,18). The molecular formula is C12H14F2N2O3. The average molecular weight is 272 g/mol. The Balaban J connectivity index is 1.97. The predicted molar refractivity (Wildman–Crippen MR) is 62.7 cm³/mol. The molecule has 0 aromatic carbocycles. The van der Waals surface area contributed by atoms with Gasteiger partial charge in [0.1, 0.15) is 5.60 Å². The molecule has 0 aliphatic heterocycles. The van der Waals surface area contributed by atoms with Gasteiger partial charge in [-0.3, -0.25) is 9.59 Å². The molecule has 1 aromatic rings. The van der Waals surface area contributed by atoms with Crippen molar-refractivity contribution in [3.05, 3.63) is 34.2 Å². The molecule has 1 saturated carbocycles. The van der Waals surface area contributed by atoms with Crippen LogP contribution in [-0.2, 0) is 11.3 Å². The summed E-state index contributed by atoms with van der Waals surface area (Å²) in [7, 11) is 0. The summed E-state index contributed by atoms with van der Waals surface area (Å²) < 4.78 is 27.4. The molecule has 1 aliphatic carbocycles. The first kappa shape index (κ1) is 13.7. The monoisotopic (exact) mass is 272 g/mol. The van der Waals surface area contributed by atoms with Crippen LogP contribution in [0.15, 0.2) is 23.1 Å². The van der Waals surface area contributed by atoms with E-state index in [9.17, 15) is 23.5 Å². The van der Waals surface area contributed by atoms with E-state index in [1.807, 2.05) is 0 Å². The van der Waals surface area contributed by atoms with Crippen molar-refractivity contribution in [2.45, 2.75) is 37.3 Å². The molecule has 1 heterocycles. The van der Waals surface area contributed by atoms with Crippen LogP contribution in [0.2, 0.25) is 0 Å². The van der Waals surface area contributed by atoms with Crippen LogP contribution in [-0.4, -0.2) is 27.5 Å². The van der Waals surface area contributed by atoms with E-state index < -0.39 is 17.4 Å². The fraction of sp³-hybridized carbons (Fsp3) is 0.500. The van der Waals surface area contributed by atoms with E-state index in [-0.39, 0.29) is 24.9 Å². The second-order valence-electron chi connectivity index (χ2n) is 4.70. The van der Waals surface area contributed by atoms with Crippen molar-refractivity contribution in [2.24, 2.45) is 0 Å². The molecule has 19 heavy (non-hydrogen) atoms. The number of nitrogens with one attached hydrogen (secondary N) is 2. The molecule has 1 amide bonds. The molecule has 5 nitrogen and oxygen atoms in total. The van der Waals surface area contributed by atoms with Crippen molar-refractivity contribution in [3.8, 4) is 0 Å². The zero-order chi connectivity index (χ0) is 14.1. The number of pyridine rings is 1. The maximum atomic E-state index is 13.7. The number of carbonyl (C=O) groups excluding carboxylic acids is 1. The largest absolute Gasteiger partial charge is 0.383 e. The fourth-order valence-electron chi connectivity index (χ4n) is 1.88. The normalized spacial score (nSPS) is 17.6. The van der Waals surface area contributed by atoms with Gasteiger partial charge in [0.15, 0.2) is 0 Å². The van der Waals surface area contributed by atoms with Gasteiger partial charge in [0.2, 0.25) is 5.56 Å². The summed E-state index contributed by atoms with van der Waals surface area (Å²) in [5.41, 5.74) is -2.05. The van der Waals surface area contributed by atoms with Gasteiger partial charge in [0.05, 0.1) is 0 Å². The van der Waals surface area contributed by atoms with Crippen molar-refractivity contribution in [1.82, 2.24) is 10.3 Å². The zero-order valence-electron chi connectivity index (χ0n) is 10.1. The van der Waals surface area contributed by atoms with E-state index in [2.05, 4.69) is 10.3 Å². The van der Waals surface area contributed by atoms with Gasteiger partial charge < -0.3 is 15.4 Å². The quantitative estimate of drug-likeness (QED) is 0.748. The highest BCUT2D eigenvalue weighted by atomic mass is 19.3. The second-order valence-corrected chi connectivity index (χ2v) is 4.70. The summed E-state index contributed by atoms with van der Waals surface area (Å²) in [4.78, 5) is 24.6. The van der Waals surface area contributed by atoms with E-state index in [1.54, 1.807) is 0 Å². The summed E-state index contributed by atoms with van der Waals surface area (Å²) in [5.74, 6) is -5.30. The number of rotatable bonds is 4. The minimum Gasteiger partial charge on any atom is -0.383 e. The highest BCUT2D eigenvalue weighted by Crippen LogP contribution is 2.44. The number of hydrogen-bond acceptors (Lipinski definition) is 3. The van der Waals surface area contributed by atoms with Crippen molar-refractivity contribution in [2.75, 3.05) is 0 Å². The maximum Gasteiger partial charge on any atom is 0.352 e. The third-order valence-corrected chi connectivity index (χ3v) is 3.35. The van der Waals surface area contributed by atoms with Gasteiger partial charge in [-0.1, -0.05) is 6.07 Å². The first-order valence-electron chi connectivity index (χ1n) is 5.91. The summed E-state index contributed by atoms with van der Waals surface area (Å²) in [6.45, 7) is -0.138. The number of aromatic nitrogens is 1. The number of aromatic amines is 1. The van der Waals surface area contributed by atoms with Crippen LogP contribution in [0.4, 0.5) is 8.78 Å². The molecule has 104 valence electrons. The van der Waals surface area contributed by atoms with E-state index in [0.717, 1.165) is 0 Å². The van der Waals surface area contributed by atoms with Gasteiger partial charge in [-0.25, -0.2) is 0 Å². The molecule has 1 fully saturated rings. The molecule has 0 bridgehead atoms. The van der Waals surface area contributed by atoms with Crippen molar-refractivity contribution >= 4 is 5.91 Å². The van der Waals surface area contributed by atoms with E-state index >= 15 is 0 Å². The molecule has 0 unspecified atom stereocenters. The number of aliphatic hydroxyl groups is 1.